The molecule has 3 heteroatoms. The van der Waals surface area contributed by atoms with Crippen LogP contribution in [-0.4, -0.2) is 10.4 Å². The van der Waals surface area contributed by atoms with E-state index in [0.29, 0.717) is 11.3 Å². The van der Waals surface area contributed by atoms with Gasteiger partial charge in [0.05, 0.1) is 6.04 Å². The molecule has 0 fully saturated rings. The number of amidine groups is 1. The smallest absolute Gasteiger partial charge is 0.154 e. The molecule has 0 saturated carbocycles. The lowest BCUT2D eigenvalue weighted by Crippen LogP contribution is -2.18. The second-order valence-corrected chi connectivity index (χ2v) is 5.07. The van der Waals surface area contributed by atoms with Gasteiger partial charge >= 0.3 is 0 Å². The number of fused-ring (bicyclic) bond motifs is 3. The normalized spacial score (nSPS) is 29.3. The molecule has 1 aliphatic heterocycles. The molecule has 1 heterocycles. The predicted molar refractivity (Wildman–Crippen MR) is 60.5 cm³/mol. The molecule has 1 aromatic carbocycles. The number of rotatable bonds is 0. The van der Waals surface area contributed by atoms with Crippen LogP contribution in [0.25, 0.3) is 0 Å². The zero-order valence-corrected chi connectivity index (χ0v) is 8.63. The van der Waals surface area contributed by atoms with E-state index in [0.717, 1.165) is 5.17 Å². The summed E-state index contributed by atoms with van der Waals surface area (Å²) in [4.78, 5) is 4.51. The summed E-state index contributed by atoms with van der Waals surface area (Å²) in [5.74, 6) is 0. The molecule has 0 spiro atoms. The highest BCUT2D eigenvalue weighted by Crippen LogP contribution is 2.43. The van der Waals surface area contributed by atoms with E-state index in [4.69, 9.17) is 5.73 Å². The van der Waals surface area contributed by atoms with Gasteiger partial charge in [0.2, 0.25) is 0 Å². The van der Waals surface area contributed by atoms with Crippen molar-refractivity contribution in [2.75, 3.05) is 0 Å². The topological polar surface area (TPSA) is 38.4 Å². The lowest BCUT2D eigenvalue weighted by Gasteiger charge is -2.25. The van der Waals surface area contributed by atoms with E-state index >= 15 is 0 Å². The molecule has 2 nitrogen and oxygen atoms in total. The summed E-state index contributed by atoms with van der Waals surface area (Å²) in [7, 11) is 0. The lowest BCUT2D eigenvalue weighted by molar-refractivity contribution is 0.599. The molecule has 0 aromatic heterocycles. The van der Waals surface area contributed by atoms with E-state index in [1.165, 1.54) is 24.0 Å². The van der Waals surface area contributed by atoms with Crippen LogP contribution >= 0.6 is 11.8 Å². The number of nitrogens with two attached hydrogens (primary N) is 1. The van der Waals surface area contributed by atoms with Gasteiger partial charge in [-0.25, -0.2) is 0 Å². The first-order chi connectivity index (χ1) is 6.84. The van der Waals surface area contributed by atoms with E-state index in [1.54, 1.807) is 11.8 Å². The van der Waals surface area contributed by atoms with Crippen LogP contribution in [-0.2, 0) is 6.42 Å². The van der Waals surface area contributed by atoms with Crippen LogP contribution in [0.3, 0.4) is 0 Å². The average molecular weight is 204 g/mol. The Morgan fingerprint density at radius 2 is 2.21 bits per heavy atom. The van der Waals surface area contributed by atoms with E-state index in [1.807, 2.05) is 0 Å². The third-order valence-electron chi connectivity index (χ3n) is 2.96. The molecule has 1 aliphatic carbocycles. The van der Waals surface area contributed by atoms with Crippen LogP contribution < -0.4 is 5.73 Å². The summed E-state index contributed by atoms with van der Waals surface area (Å²) in [6.45, 7) is 0. The molecule has 72 valence electrons. The van der Waals surface area contributed by atoms with Crippen LogP contribution in [0.5, 0.6) is 0 Å². The SMILES string of the molecule is NC1=N[C@@H]2c3ccccc3CC[C@@H]2S1. The van der Waals surface area contributed by atoms with Crippen molar-refractivity contribution in [3.8, 4) is 0 Å². The summed E-state index contributed by atoms with van der Waals surface area (Å²) in [6, 6.07) is 8.92. The molecule has 0 unspecified atom stereocenters. The second kappa shape index (κ2) is 3.02. The molecule has 14 heavy (non-hydrogen) atoms. The summed E-state index contributed by atoms with van der Waals surface area (Å²) in [6.07, 6.45) is 2.38. The van der Waals surface area contributed by atoms with Crippen molar-refractivity contribution in [1.82, 2.24) is 0 Å². The number of hydrogen-bond donors (Lipinski definition) is 1. The fourth-order valence-electron chi connectivity index (χ4n) is 2.30. The average Bonchev–Trinajstić information content (AvgIpc) is 2.59. The van der Waals surface area contributed by atoms with Crippen molar-refractivity contribution in [2.24, 2.45) is 10.7 Å². The molecule has 1 aromatic rings. The molecular formula is C11H12N2S. The number of nitrogens with zero attached hydrogens (tertiary/aromatic N) is 1. The Balaban J connectivity index is 2.08. The highest BCUT2D eigenvalue weighted by atomic mass is 32.2. The van der Waals surface area contributed by atoms with Gasteiger partial charge < -0.3 is 5.73 Å². The van der Waals surface area contributed by atoms with Crippen LogP contribution in [0.15, 0.2) is 29.3 Å². The number of aryl methyl sites for hydroxylation is 1. The van der Waals surface area contributed by atoms with Gasteiger partial charge in [-0.05, 0) is 24.0 Å². The van der Waals surface area contributed by atoms with E-state index in [-0.39, 0.29) is 0 Å². The van der Waals surface area contributed by atoms with Crippen LogP contribution in [0, 0.1) is 0 Å². The molecular weight excluding hydrogens is 192 g/mol. The lowest BCUT2D eigenvalue weighted by atomic mass is 9.88. The van der Waals surface area contributed by atoms with Gasteiger partial charge in [0, 0.05) is 5.25 Å². The summed E-state index contributed by atoms with van der Waals surface area (Å²) in [5, 5.41) is 1.35. The first-order valence-electron chi connectivity index (χ1n) is 4.92. The van der Waals surface area contributed by atoms with Crippen molar-refractivity contribution in [3.05, 3.63) is 35.4 Å². The third kappa shape index (κ3) is 1.16. The van der Waals surface area contributed by atoms with E-state index in [2.05, 4.69) is 29.3 Å². The molecule has 0 saturated heterocycles. The van der Waals surface area contributed by atoms with E-state index < -0.39 is 0 Å². The maximum atomic E-state index is 5.76. The molecule has 0 radical (unpaired) electrons. The van der Waals surface area contributed by atoms with Crippen molar-refractivity contribution in [1.29, 1.82) is 0 Å². The number of thioether (sulfide) groups is 1. The number of benzene rings is 1. The maximum absolute atomic E-state index is 5.76. The Morgan fingerprint density at radius 3 is 3.14 bits per heavy atom. The van der Waals surface area contributed by atoms with Gasteiger partial charge in [-0.2, -0.15) is 0 Å². The Morgan fingerprint density at radius 1 is 1.36 bits per heavy atom. The molecule has 2 aliphatic rings. The van der Waals surface area contributed by atoms with Crippen molar-refractivity contribution >= 4 is 16.9 Å². The van der Waals surface area contributed by atoms with E-state index in [9.17, 15) is 0 Å². The van der Waals surface area contributed by atoms with Crippen molar-refractivity contribution < 1.29 is 0 Å². The fraction of sp³-hybridized carbons (Fsp3) is 0.364. The van der Waals surface area contributed by atoms with Gasteiger partial charge in [0.1, 0.15) is 0 Å². The monoisotopic (exact) mass is 204 g/mol. The minimum Gasteiger partial charge on any atom is -0.379 e. The molecule has 0 amide bonds. The highest BCUT2D eigenvalue weighted by Gasteiger charge is 2.34. The largest absolute Gasteiger partial charge is 0.379 e. The van der Waals surface area contributed by atoms with Crippen molar-refractivity contribution in [2.45, 2.75) is 24.1 Å². The van der Waals surface area contributed by atoms with Crippen LogP contribution in [0.1, 0.15) is 23.6 Å². The van der Waals surface area contributed by atoms with Crippen LogP contribution in [0.2, 0.25) is 0 Å². The number of hydrogen-bond acceptors (Lipinski definition) is 3. The summed E-state index contributed by atoms with van der Waals surface area (Å²) < 4.78 is 0. The zero-order valence-electron chi connectivity index (χ0n) is 7.81. The minimum atomic E-state index is 0.324. The highest BCUT2D eigenvalue weighted by molar-refractivity contribution is 8.14. The van der Waals surface area contributed by atoms with Gasteiger partial charge in [0.15, 0.2) is 5.17 Å². The Bertz CT molecular complexity index is 400. The molecule has 3 rings (SSSR count). The predicted octanol–water partition coefficient (Wildman–Crippen LogP) is 2.10. The summed E-state index contributed by atoms with van der Waals surface area (Å²) in [5.41, 5.74) is 8.60. The number of aliphatic imine (C=N–C) groups is 1. The second-order valence-electron chi connectivity index (χ2n) is 3.81. The zero-order chi connectivity index (χ0) is 9.54. The van der Waals surface area contributed by atoms with Crippen LogP contribution in [0.4, 0.5) is 0 Å². The fourth-order valence-corrected chi connectivity index (χ4v) is 3.36. The summed E-state index contributed by atoms with van der Waals surface area (Å²) >= 11 is 1.74. The van der Waals surface area contributed by atoms with Crippen molar-refractivity contribution in [3.63, 3.8) is 0 Å². The molecule has 2 N–H and O–H groups in total. The minimum absolute atomic E-state index is 0.324. The third-order valence-corrected chi connectivity index (χ3v) is 4.11. The van der Waals surface area contributed by atoms with Gasteiger partial charge in [-0.15, -0.1) is 0 Å². The quantitative estimate of drug-likeness (QED) is 0.703. The first-order valence-corrected chi connectivity index (χ1v) is 5.80. The Labute approximate surface area is 87.6 Å². The Kier molecular flexibility index (Phi) is 1.80. The first kappa shape index (κ1) is 8.36. The van der Waals surface area contributed by atoms with Gasteiger partial charge in [-0.1, -0.05) is 36.0 Å². The standard InChI is InChI=1S/C11H12N2S/c12-11-13-10-8-4-2-1-3-7(8)5-6-9(10)14-11/h1-4,9-10H,5-6H2,(H2,12,13)/t9-,10+/m0/s1. The Hall–Kier alpha value is -0.960. The molecule has 2 atom stereocenters. The maximum Gasteiger partial charge on any atom is 0.154 e. The van der Waals surface area contributed by atoms with Gasteiger partial charge in [-0.3, -0.25) is 4.99 Å². The molecule has 0 bridgehead atoms. The van der Waals surface area contributed by atoms with Gasteiger partial charge in [0.25, 0.3) is 0 Å².